The number of hydrogen-bond acceptors (Lipinski definition) is 7. The third-order valence-electron chi connectivity index (χ3n) is 4.73. The lowest BCUT2D eigenvalue weighted by Gasteiger charge is -2.04. The molecule has 32 heavy (non-hydrogen) atoms. The Labute approximate surface area is 186 Å². The predicted molar refractivity (Wildman–Crippen MR) is 122 cm³/mol. The number of rotatable bonds is 7. The van der Waals surface area contributed by atoms with Crippen LogP contribution in [0.1, 0.15) is 22.2 Å². The number of nitro groups is 1. The molecule has 0 fully saturated rings. The van der Waals surface area contributed by atoms with Crippen molar-refractivity contribution in [3.05, 3.63) is 75.3 Å². The molecule has 0 saturated heterocycles. The summed E-state index contributed by atoms with van der Waals surface area (Å²) in [7, 11) is 0. The standard InChI is InChI=1S/C22H18N4O5S/c1-2-31-21(27)13-25-12-15(17-5-3-4-6-18(17)25)11-23-24-22(28)20-10-14-9-16(26(29)30)7-8-19(14)32-20/h3-12H,2,13H2,1H3,(H,24,28)/b23-11-. The van der Waals surface area contributed by atoms with Gasteiger partial charge in [0.15, 0.2) is 0 Å². The van der Waals surface area contributed by atoms with Crippen LogP contribution in [-0.2, 0) is 16.1 Å². The minimum atomic E-state index is -0.473. The SMILES string of the molecule is CCOC(=O)Cn1cc(/C=N\NC(=O)c2cc3cc([N+](=O)[O-])ccc3s2)c2ccccc21. The van der Waals surface area contributed by atoms with E-state index in [4.69, 9.17) is 4.74 Å². The van der Waals surface area contributed by atoms with Crippen molar-refractivity contribution in [3.63, 3.8) is 0 Å². The molecule has 2 heterocycles. The van der Waals surface area contributed by atoms with Crippen LogP contribution in [0.15, 0.2) is 59.8 Å². The number of carbonyl (C=O) groups is 2. The van der Waals surface area contributed by atoms with Crippen molar-refractivity contribution in [3.8, 4) is 0 Å². The Morgan fingerprint density at radius 1 is 1.25 bits per heavy atom. The van der Waals surface area contributed by atoms with Gasteiger partial charge < -0.3 is 9.30 Å². The number of esters is 1. The van der Waals surface area contributed by atoms with E-state index in [-0.39, 0.29) is 18.2 Å². The fourth-order valence-electron chi connectivity index (χ4n) is 3.33. The number of carbonyl (C=O) groups excluding carboxylic acids is 2. The van der Waals surface area contributed by atoms with Crippen LogP contribution in [0.4, 0.5) is 5.69 Å². The summed E-state index contributed by atoms with van der Waals surface area (Å²) in [6.45, 7) is 2.14. The van der Waals surface area contributed by atoms with Gasteiger partial charge >= 0.3 is 5.97 Å². The highest BCUT2D eigenvalue weighted by molar-refractivity contribution is 7.20. The molecule has 1 N–H and O–H groups in total. The number of amides is 1. The molecular weight excluding hydrogens is 432 g/mol. The molecule has 0 radical (unpaired) electrons. The maximum Gasteiger partial charge on any atom is 0.325 e. The summed E-state index contributed by atoms with van der Waals surface area (Å²) >= 11 is 1.23. The summed E-state index contributed by atoms with van der Waals surface area (Å²) in [6, 6.07) is 13.6. The van der Waals surface area contributed by atoms with Gasteiger partial charge in [-0.05, 0) is 25.1 Å². The normalized spacial score (nSPS) is 11.3. The summed E-state index contributed by atoms with van der Waals surface area (Å²) in [6.07, 6.45) is 3.29. The zero-order valence-electron chi connectivity index (χ0n) is 17.0. The average Bonchev–Trinajstić information content (AvgIpc) is 3.35. The number of nitro benzene ring substituents is 1. The van der Waals surface area contributed by atoms with Crippen LogP contribution in [0, 0.1) is 10.1 Å². The minimum absolute atomic E-state index is 0.0283. The van der Waals surface area contributed by atoms with Crippen LogP contribution in [0.25, 0.3) is 21.0 Å². The quantitative estimate of drug-likeness (QED) is 0.197. The van der Waals surface area contributed by atoms with E-state index in [9.17, 15) is 19.7 Å². The summed E-state index contributed by atoms with van der Waals surface area (Å²) in [5, 5.41) is 16.5. The van der Waals surface area contributed by atoms with Gasteiger partial charge in [0.1, 0.15) is 6.54 Å². The van der Waals surface area contributed by atoms with Crippen molar-refractivity contribution in [2.75, 3.05) is 6.61 Å². The molecule has 2 aromatic heterocycles. The van der Waals surface area contributed by atoms with Crippen LogP contribution in [-0.4, -0.2) is 34.2 Å². The molecule has 0 spiro atoms. The lowest BCUT2D eigenvalue weighted by Crippen LogP contribution is -2.16. The zero-order chi connectivity index (χ0) is 22.7. The van der Waals surface area contributed by atoms with Gasteiger partial charge in [0.2, 0.25) is 0 Å². The number of hydrazone groups is 1. The third-order valence-corrected chi connectivity index (χ3v) is 5.84. The summed E-state index contributed by atoms with van der Waals surface area (Å²) in [5.41, 5.74) is 4.04. The number of ether oxygens (including phenoxy) is 1. The van der Waals surface area contributed by atoms with Gasteiger partial charge in [0, 0.05) is 44.9 Å². The zero-order valence-corrected chi connectivity index (χ0v) is 17.8. The van der Waals surface area contributed by atoms with E-state index in [1.165, 1.54) is 29.7 Å². The fourth-order valence-corrected chi connectivity index (χ4v) is 4.26. The van der Waals surface area contributed by atoms with Gasteiger partial charge in [-0.2, -0.15) is 5.10 Å². The van der Waals surface area contributed by atoms with E-state index in [1.54, 1.807) is 29.8 Å². The Bertz CT molecular complexity index is 1370. The fraction of sp³-hybridized carbons (Fsp3) is 0.136. The number of para-hydroxylation sites is 1. The topological polar surface area (TPSA) is 116 Å². The Morgan fingerprint density at radius 2 is 2.06 bits per heavy atom. The molecule has 0 aliphatic heterocycles. The van der Waals surface area contributed by atoms with Crippen LogP contribution in [0.3, 0.4) is 0 Å². The molecular formula is C22H18N4O5S. The second-order valence-corrected chi connectivity index (χ2v) is 7.91. The molecule has 2 aromatic carbocycles. The van der Waals surface area contributed by atoms with Gasteiger partial charge in [-0.3, -0.25) is 19.7 Å². The largest absolute Gasteiger partial charge is 0.465 e. The van der Waals surface area contributed by atoms with E-state index < -0.39 is 10.8 Å². The highest BCUT2D eigenvalue weighted by Gasteiger charge is 2.14. The van der Waals surface area contributed by atoms with Crippen molar-refractivity contribution >= 4 is 56.1 Å². The minimum Gasteiger partial charge on any atom is -0.465 e. The van der Waals surface area contributed by atoms with Crippen LogP contribution < -0.4 is 5.43 Å². The lowest BCUT2D eigenvalue weighted by molar-refractivity contribution is -0.384. The molecule has 0 bridgehead atoms. The van der Waals surface area contributed by atoms with E-state index in [0.717, 1.165) is 21.2 Å². The monoisotopic (exact) mass is 450 g/mol. The van der Waals surface area contributed by atoms with Crippen molar-refractivity contribution in [1.82, 2.24) is 9.99 Å². The number of aromatic nitrogens is 1. The molecule has 4 aromatic rings. The molecule has 0 unspecified atom stereocenters. The summed E-state index contributed by atoms with van der Waals surface area (Å²) in [5.74, 6) is -0.754. The number of thiophene rings is 1. The van der Waals surface area contributed by atoms with E-state index in [2.05, 4.69) is 10.5 Å². The van der Waals surface area contributed by atoms with E-state index >= 15 is 0 Å². The number of fused-ring (bicyclic) bond motifs is 2. The maximum atomic E-state index is 12.5. The van der Waals surface area contributed by atoms with Gasteiger partial charge in [0.25, 0.3) is 11.6 Å². The number of benzene rings is 2. The molecule has 0 saturated carbocycles. The molecule has 10 heteroatoms. The van der Waals surface area contributed by atoms with Crippen LogP contribution >= 0.6 is 11.3 Å². The Balaban J connectivity index is 1.52. The first-order valence-electron chi connectivity index (χ1n) is 9.71. The molecule has 0 aliphatic rings. The second kappa shape index (κ2) is 8.98. The van der Waals surface area contributed by atoms with Gasteiger partial charge in [0.05, 0.1) is 22.6 Å². The molecule has 0 atom stereocenters. The number of nitrogens with one attached hydrogen (secondary N) is 1. The first-order valence-corrected chi connectivity index (χ1v) is 10.5. The summed E-state index contributed by atoms with van der Waals surface area (Å²) in [4.78, 5) is 35.2. The molecule has 162 valence electrons. The van der Waals surface area contributed by atoms with Gasteiger partial charge in [-0.1, -0.05) is 18.2 Å². The summed E-state index contributed by atoms with van der Waals surface area (Å²) < 4.78 is 7.57. The first kappa shape index (κ1) is 21.2. The van der Waals surface area contributed by atoms with Crippen molar-refractivity contribution in [2.45, 2.75) is 13.5 Å². The molecule has 9 nitrogen and oxygen atoms in total. The Hall–Kier alpha value is -4.05. The second-order valence-electron chi connectivity index (χ2n) is 6.82. The Kier molecular flexibility index (Phi) is 5.95. The molecule has 1 amide bonds. The van der Waals surface area contributed by atoms with E-state index in [1.807, 2.05) is 24.3 Å². The Morgan fingerprint density at radius 3 is 2.84 bits per heavy atom. The van der Waals surface area contributed by atoms with Gasteiger partial charge in [-0.15, -0.1) is 11.3 Å². The smallest absolute Gasteiger partial charge is 0.325 e. The van der Waals surface area contributed by atoms with Crippen LogP contribution in [0.5, 0.6) is 0 Å². The highest BCUT2D eigenvalue weighted by atomic mass is 32.1. The van der Waals surface area contributed by atoms with Crippen LogP contribution in [0.2, 0.25) is 0 Å². The number of non-ortho nitro benzene ring substituents is 1. The predicted octanol–water partition coefficient (Wildman–Crippen LogP) is 4.09. The first-order chi connectivity index (χ1) is 15.5. The van der Waals surface area contributed by atoms with Crippen molar-refractivity contribution in [2.24, 2.45) is 5.10 Å². The van der Waals surface area contributed by atoms with Crippen molar-refractivity contribution in [1.29, 1.82) is 0 Å². The molecule has 0 aliphatic carbocycles. The van der Waals surface area contributed by atoms with Crippen molar-refractivity contribution < 1.29 is 19.2 Å². The van der Waals surface area contributed by atoms with E-state index in [0.29, 0.717) is 16.9 Å². The average molecular weight is 450 g/mol. The maximum absolute atomic E-state index is 12.5. The third kappa shape index (κ3) is 4.35. The highest BCUT2D eigenvalue weighted by Crippen LogP contribution is 2.29. The van der Waals surface area contributed by atoms with Gasteiger partial charge in [-0.25, -0.2) is 5.43 Å². The number of hydrogen-bond donors (Lipinski definition) is 1. The molecule has 4 rings (SSSR count). The number of nitrogens with zero attached hydrogens (tertiary/aromatic N) is 3. The lowest BCUT2D eigenvalue weighted by atomic mass is 10.2.